The van der Waals surface area contributed by atoms with E-state index in [4.69, 9.17) is 5.26 Å². The lowest BCUT2D eigenvalue weighted by atomic mass is 10.2. The van der Waals surface area contributed by atoms with Gasteiger partial charge >= 0.3 is 6.18 Å². The molecule has 1 aromatic carbocycles. The molecule has 0 fully saturated rings. The predicted octanol–water partition coefficient (Wildman–Crippen LogP) is 2.67. The second-order valence-electron chi connectivity index (χ2n) is 3.74. The third-order valence-corrected chi connectivity index (χ3v) is 2.47. The molecule has 0 unspecified atom stereocenters. The van der Waals surface area contributed by atoms with Crippen molar-refractivity contribution in [3.8, 4) is 11.8 Å². The maximum Gasteiger partial charge on any atom is 0.419 e. The minimum absolute atomic E-state index is 0.0613. The normalized spacial score (nSPS) is 11.1. The smallest absolute Gasteiger partial charge is 0.258 e. The molecule has 102 valence electrons. The van der Waals surface area contributed by atoms with Crippen LogP contribution < -0.4 is 0 Å². The van der Waals surface area contributed by atoms with E-state index in [1.807, 2.05) is 0 Å². The topological polar surface area (TPSA) is 84.8 Å². The molecule has 2 rings (SSSR count). The second kappa shape index (κ2) is 4.65. The Labute approximate surface area is 109 Å². The molecule has 0 amide bonds. The lowest BCUT2D eigenvalue weighted by Crippen LogP contribution is -2.03. The highest BCUT2D eigenvalue weighted by Gasteiger charge is 2.32. The summed E-state index contributed by atoms with van der Waals surface area (Å²) in [7, 11) is 0. The summed E-state index contributed by atoms with van der Waals surface area (Å²) in [6.45, 7) is 0. The van der Waals surface area contributed by atoms with Gasteiger partial charge in [-0.05, 0) is 12.1 Å². The number of halogens is 3. The molecule has 20 heavy (non-hydrogen) atoms. The van der Waals surface area contributed by atoms with Gasteiger partial charge in [-0.3, -0.25) is 10.1 Å². The average molecular weight is 282 g/mol. The number of nitro benzene ring substituents is 1. The maximum atomic E-state index is 12.4. The molecule has 2 aromatic rings. The zero-order chi connectivity index (χ0) is 14.9. The number of nitriles is 1. The van der Waals surface area contributed by atoms with Crippen LogP contribution >= 0.6 is 0 Å². The summed E-state index contributed by atoms with van der Waals surface area (Å²) in [6.07, 6.45) is -3.22. The molecule has 9 heteroatoms. The first-order valence-electron chi connectivity index (χ1n) is 5.13. The fourth-order valence-corrected chi connectivity index (χ4v) is 1.52. The summed E-state index contributed by atoms with van der Waals surface area (Å²) in [4.78, 5) is 9.99. The van der Waals surface area contributed by atoms with Crippen molar-refractivity contribution in [3.05, 3.63) is 51.8 Å². The Morgan fingerprint density at radius 2 is 2.10 bits per heavy atom. The van der Waals surface area contributed by atoms with E-state index in [-0.39, 0.29) is 11.3 Å². The van der Waals surface area contributed by atoms with E-state index < -0.39 is 22.4 Å². The Morgan fingerprint density at radius 1 is 1.40 bits per heavy atom. The number of hydrogen-bond donors (Lipinski definition) is 0. The minimum atomic E-state index is -4.54. The Balaban J connectivity index is 2.49. The lowest BCUT2D eigenvalue weighted by Gasteiger charge is -2.03. The summed E-state index contributed by atoms with van der Waals surface area (Å²) < 4.78 is 38.2. The van der Waals surface area contributed by atoms with Crippen molar-refractivity contribution in [1.29, 1.82) is 5.26 Å². The van der Waals surface area contributed by atoms with Gasteiger partial charge in [-0.25, -0.2) is 4.68 Å². The summed E-state index contributed by atoms with van der Waals surface area (Å²) >= 11 is 0. The highest BCUT2D eigenvalue weighted by molar-refractivity contribution is 5.54. The fourth-order valence-electron chi connectivity index (χ4n) is 1.52. The summed E-state index contributed by atoms with van der Waals surface area (Å²) in [5, 5.41) is 23.0. The van der Waals surface area contributed by atoms with Crippen molar-refractivity contribution in [2.75, 3.05) is 0 Å². The molecule has 0 radical (unpaired) electrons. The van der Waals surface area contributed by atoms with E-state index >= 15 is 0 Å². The van der Waals surface area contributed by atoms with Crippen LogP contribution in [0.1, 0.15) is 11.1 Å². The Kier molecular flexibility index (Phi) is 3.15. The van der Waals surface area contributed by atoms with Crippen LogP contribution in [0.3, 0.4) is 0 Å². The Morgan fingerprint density at radius 3 is 2.60 bits per heavy atom. The molecule has 1 aromatic heterocycles. The molecule has 0 N–H and O–H groups in total. The van der Waals surface area contributed by atoms with Gasteiger partial charge in [0.15, 0.2) is 0 Å². The molecule has 0 bridgehead atoms. The van der Waals surface area contributed by atoms with Crippen LogP contribution in [0.4, 0.5) is 18.9 Å². The Hall–Kier alpha value is -2.89. The monoisotopic (exact) mass is 282 g/mol. The van der Waals surface area contributed by atoms with Gasteiger partial charge in [0, 0.05) is 12.3 Å². The van der Waals surface area contributed by atoms with Gasteiger partial charge in [0.05, 0.1) is 22.4 Å². The standard InChI is InChI=1S/C11H5F3N4O2/c12-11(13,14)8-5-16-17(6-8)9-2-1-7(4-15)10(3-9)18(19)20/h1-3,5-6H. The van der Waals surface area contributed by atoms with Crippen molar-refractivity contribution in [2.24, 2.45) is 0 Å². The lowest BCUT2D eigenvalue weighted by molar-refractivity contribution is -0.385. The number of aromatic nitrogens is 2. The van der Waals surface area contributed by atoms with E-state index in [2.05, 4.69) is 5.10 Å². The first kappa shape index (κ1) is 13.5. The summed E-state index contributed by atoms with van der Waals surface area (Å²) in [5.74, 6) is 0. The second-order valence-corrected chi connectivity index (χ2v) is 3.74. The molecular weight excluding hydrogens is 277 g/mol. The summed E-state index contributed by atoms with van der Waals surface area (Å²) in [5.41, 5.74) is -1.58. The van der Waals surface area contributed by atoms with Gasteiger partial charge in [0.1, 0.15) is 11.6 Å². The number of alkyl halides is 3. The molecule has 0 aliphatic heterocycles. The van der Waals surface area contributed by atoms with Crippen molar-refractivity contribution in [1.82, 2.24) is 9.78 Å². The zero-order valence-electron chi connectivity index (χ0n) is 9.63. The van der Waals surface area contributed by atoms with Crippen molar-refractivity contribution >= 4 is 5.69 Å². The third kappa shape index (κ3) is 2.44. The number of benzene rings is 1. The fraction of sp³-hybridized carbons (Fsp3) is 0.0909. The molecule has 0 saturated carbocycles. The summed E-state index contributed by atoms with van der Waals surface area (Å²) in [6, 6.07) is 5.06. The SMILES string of the molecule is N#Cc1ccc(-n2cc(C(F)(F)F)cn2)cc1[N+](=O)[O-]. The van der Waals surface area contributed by atoms with E-state index in [1.54, 1.807) is 6.07 Å². The molecule has 0 spiro atoms. The van der Waals surface area contributed by atoms with Gasteiger partial charge in [0.25, 0.3) is 5.69 Å². The number of hydrogen-bond acceptors (Lipinski definition) is 4. The Bertz CT molecular complexity index is 715. The molecular formula is C11H5F3N4O2. The van der Waals surface area contributed by atoms with E-state index in [0.29, 0.717) is 12.4 Å². The largest absolute Gasteiger partial charge is 0.419 e. The molecule has 0 saturated heterocycles. The molecule has 0 atom stereocenters. The highest BCUT2D eigenvalue weighted by Crippen LogP contribution is 2.29. The van der Waals surface area contributed by atoms with Gasteiger partial charge in [-0.15, -0.1) is 0 Å². The van der Waals surface area contributed by atoms with E-state index in [1.165, 1.54) is 6.07 Å². The maximum absolute atomic E-state index is 12.4. The average Bonchev–Trinajstić information content (AvgIpc) is 2.87. The van der Waals surface area contributed by atoms with Crippen LogP contribution in [-0.2, 0) is 6.18 Å². The third-order valence-electron chi connectivity index (χ3n) is 2.47. The van der Waals surface area contributed by atoms with Crippen LogP contribution in [0.15, 0.2) is 30.6 Å². The van der Waals surface area contributed by atoms with Crippen LogP contribution in [0.5, 0.6) is 0 Å². The van der Waals surface area contributed by atoms with Gasteiger partial charge in [-0.2, -0.15) is 23.5 Å². The quantitative estimate of drug-likeness (QED) is 0.626. The number of rotatable bonds is 2. The first-order chi connectivity index (χ1) is 9.32. The van der Waals surface area contributed by atoms with E-state index in [9.17, 15) is 23.3 Å². The van der Waals surface area contributed by atoms with Crippen molar-refractivity contribution in [3.63, 3.8) is 0 Å². The highest BCUT2D eigenvalue weighted by atomic mass is 19.4. The molecule has 0 aliphatic carbocycles. The molecule has 1 heterocycles. The molecule has 0 aliphatic rings. The van der Waals surface area contributed by atoms with Crippen LogP contribution in [0, 0.1) is 21.4 Å². The van der Waals surface area contributed by atoms with Crippen LogP contribution in [0.2, 0.25) is 0 Å². The predicted molar refractivity (Wildman–Crippen MR) is 59.9 cm³/mol. The van der Waals surface area contributed by atoms with Crippen molar-refractivity contribution in [2.45, 2.75) is 6.18 Å². The van der Waals surface area contributed by atoms with Gasteiger partial charge in [-0.1, -0.05) is 0 Å². The first-order valence-corrected chi connectivity index (χ1v) is 5.13. The zero-order valence-corrected chi connectivity index (χ0v) is 9.63. The van der Waals surface area contributed by atoms with E-state index in [0.717, 1.165) is 16.8 Å². The number of nitro groups is 1. The van der Waals surface area contributed by atoms with Gasteiger partial charge in [0.2, 0.25) is 0 Å². The van der Waals surface area contributed by atoms with Crippen LogP contribution in [-0.4, -0.2) is 14.7 Å². The minimum Gasteiger partial charge on any atom is -0.258 e. The number of nitrogens with zero attached hydrogens (tertiary/aromatic N) is 4. The molecule has 6 nitrogen and oxygen atoms in total. The van der Waals surface area contributed by atoms with Gasteiger partial charge < -0.3 is 0 Å². The van der Waals surface area contributed by atoms with Crippen LogP contribution in [0.25, 0.3) is 5.69 Å². The van der Waals surface area contributed by atoms with Crippen molar-refractivity contribution < 1.29 is 18.1 Å².